The SMILES string of the molecule is Cc1ccc(NC(=O)CSCC(C)N)cc1F. The number of nitrogens with two attached hydrogens (primary N) is 1. The molecule has 0 fully saturated rings. The zero-order chi connectivity index (χ0) is 12.8. The Labute approximate surface area is 105 Å². The fraction of sp³-hybridized carbons (Fsp3) is 0.417. The number of halogens is 1. The third kappa shape index (κ3) is 5.19. The molecule has 0 saturated carbocycles. The number of hydrogen-bond donors (Lipinski definition) is 2. The molecule has 0 heterocycles. The van der Waals surface area contributed by atoms with E-state index in [1.807, 2.05) is 6.92 Å². The van der Waals surface area contributed by atoms with Crippen molar-refractivity contribution in [3.05, 3.63) is 29.6 Å². The molecule has 0 aromatic heterocycles. The van der Waals surface area contributed by atoms with E-state index in [4.69, 9.17) is 5.73 Å². The minimum absolute atomic E-state index is 0.0737. The first kappa shape index (κ1) is 14.0. The third-order valence-electron chi connectivity index (χ3n) is 2.07. The summed E-state index contributed by atoms with van der Waals surface area (Å²) in [4.78, 5) is 11.5. The van der Waals surface area contributed by atoms with E-state index in [2.05, 4.69) is 5.32 Å². The van der Waals surface area contributed by atoms with Crippen molar-refractivity contribution < 1.29 is 9.18 Å². The van der Waals surface area contributed by atoms with Crippen LogP contribution in [0.2, 0.25) is 0 Å². The van der Waals surface area contributed by atoms with Crippen LogP contribution in [-0.4, -0.2) is 23.5 Å². The first-order chi connectivity index (χ1) is 7.99. The van der Waals surface area contributed by atoms with E-state index >= 15 is 0 Å². The molecule has 0 saturated heterocycles. The Morgan fingerprint density at radius 2 is 2.29 bits per heavy atom. The molecule has 1 aromatic carbocycles. The lowest BCUT2D eigenvalue weighted by molar-refractivity contribution is -0.113. The second-order valence-corrected chi connectivity index (χ2v) is 5.03. The summed E-state index contributed by atoms with van der Waals surface area (Å²) < 4.78 is 13.2. The van der Waals surface area contributed by atoms with E-state index in [0.29, 0.717) is 17.0 Å². The Bertz CT molecular complexity index is 396. The molecule has 1 unspecified atom stereocenters. The van der Waals surface area contributed by atoms with Gasteiger partial charge in [0.1, 0.15) is 5.82 Å². The van der Waals surface area contributed by atoms with E-state index in [9.17, 15) is 9.18 Å². The van der Waals surface area contributed by atoms with Gasteiger partial charge in [-0.05, 0) is 31.5 Å². The van der Waals surface area contributed by atoms with Gasteiger partial charge >= 0.3 is 0 Å². The van der Waals surface area contributed by atoms with Crippen molar-refractivity contribution in [1.29, 1.82) is 0 Å². The predicted octanol–water partition coefficient (Wildman–Crippen LogP) is 2.15. The molecule has 1 rings (SSSR count). The summed E-state index contributed by atoms with van der Waals surface area (Å²) in [5.41, 5.74) is 6.62. The summed E-state index contributed by atoms with van der Waals surface area (Å²) in [5, 5.41) is 2.64. The Balaban J connectivity index is 2.42. The molecule has 94 valence electrons. The van der Waals surface area contributed by atoms with Crippen molar-refractivity contribution in [2.75, 3.05) is 16.8 Å². The van der Waals surface area contributed by atoms with Crippen molar-refractivity contribution in [1.82, 2.24) is 0 Å². The van der Waals surface area contributed by atoms with Crippen molar-refractivity contribution in [3.63, 3.8) is 0 Å². The fourth-order valence-electron chi connectivity index (χ4n) is 1.21. The first-order valence-corrected chi connectivity index (χ1v) is 6.54. The second-order valence-electron chi connectivity index (χ2n) is 4.00. The molecule has 0 aliphatic carbocycles. The lowest BCUT2D eigenvalue weighted by Crippen LogP contribution is -2.20. The Hall–Kier alpha value is -1.07. The van der Waals surface area contributed by atoms with Crippen LogP contribution in [0.1, 0.15) is 12.5 Å². The molecule has 1 aromatic rings. The highest BCUT2D eigenvalue weighted by molar-refractivity contribution is 8.00. The van der Waals surface area contributed by atoms with Crippen LogP contribution in [0.25, 0.3) is 0 Å². The largest absolute Gasteiger partial charge is 0.327 e. The van der Waals surface area contributed by atoms with Gasteiger partial charge in [0.2, 0.25) is 5.91 Å². The lowest BCUT2D eigenvalue weighted by atomic mass is 10.2. The van der Waals surface area contributed by atoms with Gasteiger partial charge in [-0.15, -0.1) is 0 Å². The molecular formula is C12H17FN2OS. The number of aryl methyl sites for hydroxylation is 1. The monoisotopic (exact) mass is 256 g/mol. The Morgan fingerprint density at radius 1 is 1.59 bits per heavy atom. The van der Waals surface area contributed by atoms with Gasteiger partial charge in [-0.2, -0.15) is 11.8 Å². The minimum atomic E-state index is -0.314. The van der Waals surface area contributed by atoms with Crippen molar-refractivity contribution in [2.24, 2.45) is 5.73 Å². The zero-order valence-corrected chi connectivity index (χ0v) is 10.8. The maximum atomic E-state index is 13.2. The topological polar surface area (TPSA) is 55.1 Å². The zero-order valence-electron chi connectivity index (χ0n) is 10.00. The standard InChI is InChI=1S/C12H17FN2OS/c1-8-3-4-10(5-11(8)13)15-12(16)7-17-6-9(2)14/h3-5,9H,6-7,14H2,1-2H3,(H,15,16). The molecule has 1 atom stereocenters. The normalized spacial score (nSPS) is 12.2. The van der Waals surface area contributed by atoms with Gasteiger partial charge in [0.05, 0.1) is 5.75 Å². The third-order valence-corrected chi connectivity index (χ3v) is 3.30. The summed E-state index contributed by atoms with van der Waals surface area (Å²) >= 11 is 1.47. The van der Waals surface area contributed by atoms with Gasteiger partial charge < -0.3 is 11.1 Å². The smallest absolute Gasteiger partial charge is 0.234 e. The highest BCUT2D eigenvalue weighted by Crippen LogP contribution is 2.14. The van der Waals surface area contributed by atoms with Crippen LogP contribution in [0.4, 0.5) is 10.1 Å². The summed E-state index contributed by atoms with van der Waals surface area (Å²) in [6.45, 7) is 3.57. The molecule has 1 amide bonds. The number of thioether (sulfide) groups is 1. The van der Waals surface area contributed by atoms with Crippen LogP contribution in [-0.2, 0) is 4.79 Å². The predicted molar refractivity (Wildman–Crippen MR) is 70.7 cm³/mol. The fourth-order valence-corrected chi connectivity index (χ4v) is 1.95. The van der Waals surface area contributed by atoms with E-state index in [1.54, 1.807) is 19.1 Å². The number of rotatable bonds is 5. The summed E-state index contributed by atoms with van der Waals surface area (Å²) in [6, 6.07) is 4.72. The molecule has 0 aliphatic heterocycles. The van der Waals surface area contributed by atoms with Crippen molar-refractivity contribution in [3.8, 4) is 0 Å². The molecule has 3 N–H and O–H groups in total. The Morgan fingerprint density at radius 3 is 2.88 bits per heavy atom. The van der Waals surface area contributed by atoms with E-state index in [-0.39, 0.29) is 17.8 Å². The highest BCUT2D eigenvalue weighted by atomic mass is 32.2. The number of nitrogens with one attached hydrogen (secondary N) is 1. The molecule has 5 heteroatoms. The number of anilines is 1. The lowest BCUT2D eigenvalue weighted by Gasteiger charge is -2.07. The van der Waals surface area contributed by atoms with Crippen LogP contribution in [0.5, 0.6) is 0 Å². The minimum Gasteiger partial charge on any atom is -0.327 e. The second kappa shape index (κ2) is 6.61. The van der Waals surface area contributed by atoms with Crippen LogP contribution < -0.4 is 11.1 Å². The first-order valence-electron chi connectivity index (χ1n) is 5.38. The average molecular weight is 256 g/mol. The van der Waals surface area contributed by atoms with E-state index < -0.39 is 0 Å². The maximum Gasteiger partial charge on any atom is 0.234 e. The van der Waals surface area contributed by atoms with Gasteiger partial charge in [-0.1, -0.05) is 6.07 Å². The highest BCUT2D eigenvalue weighted by Gasteiger charge is 2.05. The molecule has 0 aliphatic rings. The van der Waals surface area contributed by atoms with Crippen LogP contribution in [0.15, 0.2) is 18.2 Å². The van der Waals surface area contributed by atoms with Crippen molar-refractivity contribution in [2.45, 2.75) is 19.9 Å². The van der Waals surface area contributed by atoms with Gasteiger partial charge in [0, 0.05) is 17.5 Å². The van der Waals surface area contributed by atoms with Crippen LogP contribution >= 0.6 is 11.8 Å². The number of amides is 1. The maximum absolute atomic E-state index is 13.2. The van der Waals surface area contributed by atoms with Crippen LogP contribution in [0, 0.1) is 12.7 Å². The molecule has 0 radical (unpaired) electrons. The van der Waals surface area contributed by atoms with Gasteiger partial charge in [-0.3, -0.25) is 4.79 Å². The molecule has 0 spiro atoms. The number of benzene rings is 1. The number of hydrogen-bond acceptors (Lipinski definition) is 3. The molecule has 3 nitrogen and oxygen atoms in total. The summed E-state index contributed by atoms with van der Waals surface area (Å²) in [5.74, 6) is 0.608. The molecular weight excluding hydrogens is 239 g/mol. The van der Waals surface area contributed by atoms with E-state index in [0.717, 1.165) is 5.75 Å². The number of carbonyl (C=O) groups excluding carboxylic acids is 1. The van der Waals surface area contributed by atoms with Gasteiger partial charge in [-0.25, -0.2) is 4.39 Å². The quantitative estimate of drug-likeness (QED) is 0.848. The van der Waals surface area contributed by atoms with Crippen molar-refractivity contribution >= 4 is 23.4 Å². The number of carbonyl (C=O) groups is 1. The summed E-state index contributed by atoms with van der Waals surface area (Å²) in [7, 11) is 0. The molecule has 17 heavy (non-hydrogen) atoms. The van der Waals surface area contributed by atoms with Gasteiger partial charge in [0.15, 0.2) is 0 Å². The average Bonchev–Trinajstić information content (AvgIpc) is 2.23. The van der Waals surface area contributed by atoms with Gasteiger partial charge in [0.25, 0.3) is 0 Å². The molecule has 0 bridgehead atoms. The Kier molecular flexibility index (Phi) is 5.44. The van der Waals surface area contributed by atoms with Crippen LogP contribution in [0.3, 0.4) is 0 Å². The summed E-state index contributed by atoms with van der Waals surface area (Å²) in [6.07, 6.45) is 0. The van der Waals surface area contributed by atoms with E-state index in [1.165, 1.54) is 17.8 Å².